The number of likely N-dealkylation sites (N-methyl/N-ethyl adjacent to an activating group) is 1. The van der Waals surface area contributed by atoms with Crippen LogP contribution >= 0.6 is 0 Å². The Morgan fingerprint density at radius 3 is 1.45 bits per heavy atom. The van der Waals surface area contributed by atoms with E-state index in [1.165, 1.54) is 0 Å². The summed E-state index contributed by atoms with van der Waals surface area (Å²) in [6.45, 7) is 12.0. The van der Waals surface area contributed by atoms with Gasteiger partial charge in [0.05, 0.1) is 6.61 Å². The second-order valence-electron chi connectivity index (χ2n) is 5.00. The third kappa shape index (κ3) is 74.3. The van der Waals surface area contributed by atoms with E-state index < -0.39 is 0 Å². The molecule has 0 aliphatic carbocycles. The minimum absolute atomic E-state index is 0.838. The second kappa shape index (κ2) is 32.4. The van der Waals surface area contributed by atoms with Crippen molar-refractivity contribution >= 4 is 0 Å². The molecule has 0 atom stereocenters. The molecule has 0 rings (SSSR count). The molecule has 0 aromatic rings. The van der Waals surface area contributed by atoms with Crippen molar-refractivity contribution in [3.8, 4) is 11.8 Å². The van der Waals surface area contributed by atoms with E-state index in [4.69, 9.17) is 9.47 Å². The molecule has 0 saturated heterocycles. The van der Waals surface area contributed by atoms with E-state index in [-0.39, 0.29) is 0 Å². The Morgan fingerprint density at radius 2 is 1.32 bits per heavy atom. The van der Waals surface area contributed by atoms with Gasteiger partial charge in [0.25, 0.3) is 0 Å². The first-order valence-corrected chi connectivity index (χ1v) is 8.04. The Bertz CT molecular complexity index is 206. The molecule has 0 saturated carbocycles. The summed E-state index contributed by atoms with van der Waals surface area (Å²) in [5.41, 5.74) is 0. The lowest BCUT2D eigenvalue weighted by atomic mass is 10.5. The molecule has 0 spiro atoms. The molecule has 0 aliphatic heterocycles. The molecular weight excluding hydrogens is 276 g/mol. The van der Waals surface area contributed by atoms with Crippen molar-refractivity contribution in [1.29, 1.82) is 0 Å². The van der Waals surface area contributed by atoms with Gasteiger partial charge in [0, 0.05) is 33.8 Å². The van der Waals surface area contributed by atoms with Crippen LogP contribution in [0.25, 0.3) is 0 Å². The first-order chi connectivity index (χ1) is 10.4. The molecule has 0 unspecified atom stereocenters. The lowest BCUT2D eigenvalue weighted by Crippen LogP contribution is -2.21. The first kappa shape index (κ1) is 29.4. The summed E-state index contributed by atoms with van der Waals surface area (Å²) in [7, 11) is 11.5. The van der Waals surface area contributed by atoms with Crippen LogP contribution in [-0.4, -0.2) is 78.5 Å². The van der Waals surface area contributed by atoms with Crippen molar-refractivity contribution < 1.29 is 9.47 Å². The summed E-state index contributed by atoms with van der Waals surface area (Å²) in [4.78, 5) is 4.21. The highest BCUT2D eigenvalue weighted by molar-refractivity contribution is 4.92. The van der Waals surface area contributed by atoms with Gasteiger partial charge >= 0.3 is 0 Å². The fourth-order valence-corrected chi connectivity index (χ4v) is 0.786. The second-order valence-corrected chi connectivity index (χ2v) is 5.00. The monoisotopic (exact) mass is 318 g/mol. The Labute approximate surface area is 141 Å². The highest BCUT2D eigenvalue weighted by Gasteiger charge is 1.89. The lowest BCUT2D eigenvalue weighted by Gasteiger charge is -2.11. The quantitative estimate of drug-likeness (QED) is 0.702. The summed E-state index contributed by atoms with van der Waals surface area (Å²) in [5, 5.41) is 0. The maximum absolute atomic E-state index is 4.87. The van der Waals surface area contributed by atoms with Crippen LogP contribution in [0.3, 0.4) is 0 Å². The van der Waals surface area contributed by atoms with Gasteiger partial charge in [-0.3, -0.25) is 0 Å². The minimum atomic E-state index is 0.838. The van der Waals surface area contributed by atoms with E-state index in [2.05, 4.69) is 37.6 Å². The van der Waals surface area contributed by atoms with Gasteiger partial charge in [-0.15, -0.1) is 11.8 Å². The summed E-state index contributed by atoms with van der Waals surface area (Å²) >= 11 is 0. The molecule has 0 amide bonds. The summed E-state index contributed by atoms with van der Waals surface area (Å²) < 4.78 is 9.56. The SMILES string of the molecule is CC#CCC.CCCOC.CCN(C)CCOC.CN(C)C. The molecule has 0 radical (unpaired) electrons. The molecule has 0 aromatic heterocycles. The van der Waals surface area contributed by atoms with E-state index >= 15 is 0 Å². The standard InChI is InChI=1S/C6H15NO.C5H8.C4H10O.C3H9N/c1-4-7(2)5-6-8-3;1-3-5-4-2;1-3-4-5-2;1-4(2)3/h4-6H2,1-3H3;3H2,1-2H3;3-4H2,1-2H3;1-3H3. The van der Waals surface area contributed by atoms with E-state index in [0.29, 0.717) is 0 Å². The fraction of sp³-hybridized carbons (Fsp3) is 0.889. The van der Waals surface area contributed by atoms with Gasteiger partial charge in [-0.2, -0.15) is 0 Å². The maximum atomic E-state index is 4.87. The van der Waals surface area contributed by atoms with Crippen LogP contribution < -0.4 is 0 Å². The van der Waals surface area contributed by atoms with Gasteiger partial charge < -0.3 is 19.3 Å². The Kier molecular flexibility index (Phi) is 43.3. The van der Waals surface area contributed by atoms with Crippen molar-refractivity contribution in [2.75, 3.05) is 68.7 Å². The summed E-state index contributed by atoms with van der Waals surface area (Å²) in [5.74, 6) is 5.63. The molecule has 0 aliphatic rings. The molecule has 0 bridgehead atoms. The molecular formula is C18H42N2O2. The average Bonchev–Trinajstić information content (AvgIpc) is 2.47. The average molecular weight is 319 g/mol. The summed E-state index contributed by atoms with van der Waals surface area (Å²) in [6, 6.07) is 0. The Balaban J connectivity index is -0.000000102. The molecule has 4 heteroatoms. The van der Waals surface area contributed by atoms with Crippen molar-refractivity contribution in [1.82, 2.24) is 9.80 Å². The molecule has 136 valence electrons. The minimum Gasteiger partial charge on any atom is -0.385 e. The molecule has 0 fully saturated rings. The van der Waals surface area contributed by atoms with Crippen LogP contribution in [0.15, 0.2) is 0 Å². The van der Waals surface area contributed by atoms with E-state index in [9.17, 15) is 0 Å². The van der Waals surface area contributed by atoms with Crippen LogP contribution in [0, 0.1) is 11.8 Å². The third-order valence-electron chi connectivity index (χ3n) is 1.98. The smallest absolute Gasteiger partial charge is 0.0589 e. The van der Waals surface area contributed by atoms with Crippen molar-refractivity contribution in [2.45, 2.75) is 40.5 Å². The van der Waals surface area contributed by atoms with Crippen molar-refractivity contribution in [3.05, 3.63) is 0 Å². The number of ether oxygens (including phenoxy) is 2. The van der Waals surface area contributed by atoms with Crippen molar-refractivity contribution in [3.63, 3.8) is 0 Å². The normalized spacial score (nSPS) is 8.55. The zero-order valence-electron chi connectivity index (χ0n) is 17.0. The van der Waals surface area contributed by atoms with Crippen LogP contribution in [0.2, 0.25) is 0 Å². The zero-order valence-corrected chi connectivity index (χ0v) is 17.0. The van der Waals surface area contributed by atoms with Gasteiger partial charge in [-0.25, -0.2) is 0 Å². The van der Waals surface area contributed by atoms with Crippen LogP contribution in [0.4, 0.5) is 0 Å². The Hall–Kier alpha value is -0.600. The summed E-state index contributed by atoms with van der Waals surface area (Å²) in [6.07, 6.45) is 2.10. The van der Waals surface area contributed by atoms with Crippen LogP contribution in [0.1, 0.15) is 40.5 Å². The molecule has 0 heterocycles. The molecule has 0 aromatic carbocycles. The highest BCUT2D eigenvalue weighted by atomic mass is 16.5. The van der Waals surface area contributed by atoms with E-state index in [1.54, 1.807) is 14.2 Å². The number of rotatable bonds is 6. The van der Waals surface area contributed by atoms with E-state index in [0.717, 1.165) is 39.1 Å². The lowest BCUT2D eigenvalue weighted by molar-refractivity contribution is 0.164. The van der Waals surface area contributed by atoms with Gasteiger partial charge in [-0.05, 0) is 48.1 Å². The van der Waals surface area contributed by atoms with Gasteiger partial charge in [-0.1, -0.05) is 20.8 Å². The zero-order chi connectivity index (χ0) is 18.2. The van der Waals surface area contributed by atoms with Crippen molar-refractivity contribution in [2.24, 2.45) is 0 Å². The maximum Gasteiger partial charge on any atom is 0.0589 e. The largest absolute Gasteiger partial charge is 0.385 e. The molecule has 4 nitrogen and oxygen atoms in total. The number of hydrogen-bond acceptors (Lipinski definition) is 4. The number of methoxy groups -OCH3 is 2. The number of hydrogen-bond donors (Lipinski definition) is 0. The first-order valence-electron chi connectivity index (χ1n) is 8.04. The fourth-order valence-electron chi connectivity index (χ4n) is 0.786. The van der Waals surface area contributed by atoms with Crippen LogP contribution in [0.5, 0.6) is 0 Å². The molecule has 0 N–H and O–H groups in total. The van der Waals surface area contributed by atoms with Gasteiger partial charge in [0.2, 0.25) is 0 Å². The predicted molar refractivity (Wildman–Crippen MR) is 101 cm³/mol. The Morgan fingerprint density at radius 1 is 0.864 bits per heavy atom. The van der Waals surface area contributed by atoms with E-state index in [1.807, 2.05) is 39.9 Å². The highest BCUT2D eigenvalue weighted by Crippen LogP contribution is 1.78. The predicted octanol–water partition coefficient (Wildman–Crippen LogP) is 3.22. The third-order valence-corrected chi connectivity index (χ3v) is 1.98. The van der Waals surface area contributed by atoms with Gasteiger partial charge in [0.15, 0.2) is 0 Å². The topological polar surface area (TPSA) is 24.9 Å². The van der Waals surface area contributed by atoms with Crippen LogP contribution in [-0.2, 0) is 9.47 Å². The van der Waals surface area contributed by atoms with Gasteiger partial charge in [0.1, 0.15) is 0 Å². The molecule has 22 heavy (non-hydrogen) atoms. The number of nitrogens with zero attached hydrogens (tertiary/aromatic N) is 2.